The number of fused-ring (bicyclic) bond motifs is 2. The van der Waals surface area contributed by atoms with E-state index in [-0.39, 0.29) is 22.0 Å². The van der Waals surface area contributed by atoms with E-state index in [9.17, 15) is 19.0 Å². The van der Waals surface area contributed by atoms with Crippen LogP contribution in [0.15, 0.2) is 67.7 Å². The summed E-state index contributed by atoms with van der Waals surface area (Å²) in [6.45, 7) is 2.00. The van der Waals surface area contributed by atoms with Gasteiger partial charge in [0.1, 0.15) is 16.2 Å². The van der Waals surface area contributed by atoms with Crippen LogP contribution < -0.4 is 10.9 Å². The fraction of sp³-hybridized carbons (Fsp3) is 0.150. The van der Waals surface area contributed by atoms with Gasteiger partial charge in [-0.1, -0.05) is 48.4 Å². The van der Waals surface area contributed by atoms with Crippen molar-refractivity contribution in [3.63, 3.8) is 0 Å². The second-order valence-electron chi connectivity index (χ2n) is 6.52. The number of aromatic nitrogens is 1. The number of rotatable bonds is 4. The number of pyridine rings is 1. The van der Waals surface area contributed by atoms with Gasteiger partial charge in [-0.2, -0.15) is 9.78 Å². The van der Waals surface area contributed by atoms with Gasteiger partial charge in [0.2, 0.25) is 0 Å². The molecule has 0 spiro atoms. The van der Waals surface area contributed by atoms with E-state index < -0.39 is 16.3 Å². The Kier molecular flexibility index (Phi) is 4.87. The largest absolute Gasteiger partial charge is 0.506 e. The highest BCUT2D eigenvalue weighted by Crippen LogP contribution is 2.55. The van der Waals surface area contributed by atoms with Gasteiger partial charge in [0.15, 0.2) is 5.84 Å². The predicted molar refractivity (Wildman–Crippen MR) is 116 cm³/mol. The number of nitrogens with one attached hydrogen (secondary N) is 1. The molecule has 0 bridgehead atoms. The van der Waals surface area contributed by atoms with Crippen molar-refractivity contribution in [2.45, 2.75) is 24.7 Å². The quantitative estimate of drug-likeness (QED) is 0.478. The van der Waals surface area contributed by atoms with Crippen molar-refractivity contribution >= 4 is 39.4 Å². The Morgan fingerprint density at radius 2 is 1.90 bits per heavy atom. The second-order valence-corrected chi connectivity index (χ2v) is 8.18. The number of benzene rings is 2. The summed E-state index contributed by atoms with van der Waals surface area (Å²) in [5.74, 6) is -0.412. The Hall–Kier alpha value is -3.14. The molecule has 9 heteroatoms. The van der Waals surface area contributed by atoms with Crippen molar-refractivity contribution in [3.8, 4) is 5.75 Å². The molecule has 29 heavy (non-hydrogen) atoms. The first-order valence-corrected chi connectivity index (χ1v) is 10.6. The highest BCUT2D eigenvalue weighted by molar-refractivity contribution is 8.23. The van der Waals surface area contributed by atoms with Crippen LogP contribution in [0.1, 0.15) is 25.3 Å². The van der Waals surface area contributed by atoms with Gasteiger partial charge in [-0.15, -0.1) is 4.40 Å². The summed E-state index contributed by atoms with van der Waals surface area (Å²) in [6.07, 6.45) is 3.19. The molecule has 8 nitrogen and oxygen atoms in total. The van der Waals surface area contributed by atoms with Gasteiger partial charge < -0.3 is 10.4 Å². The standard InChI is InChI=1S/C20H20N4O4S/c1-2-3-12-21-24-15-10-6-4-8-13(15)18(25)17(20(24)26)19-22-14-9-5-7-11-16(14)29(27,28)23-19/h4-12,25,27-28H,2-3H2,1H3,(H,22,23). The first-order chi connectivity index (χ1) is 13.9. The Morgan fingerprint density at radius 1 is 1.17 bits per heavy atom. The Morgan fingerprint density at radius 3 is 2.69 bits per heavy atom. The fourth-order valence-corrected chi connectivity index (χ4v) is 4.32. The van der Waals surface area contributed by atoms with E-state index >= 15 is 0 Å². The molecule has 4 N–H and O–H groups in total. The molecular formula is C20H20N4O4S. The molecule has 0 aliphatic carbocycles. The summed E-state index contributed by atoms with van der Waals surface area (Å²) < 4.78 is 26.1. The van der Waals surface area contributed by atoms with Gasteiger partial charge in [-0.3, -0.25) is 13.9 Å². The number of amidine groups is 1. The first kappa shape index (κ1) is 19.2. The first-order valence-electron chi connectivity index (χ1n) is 9.08. The summed E-state index contributed by atoms with van der Waals surface area (Å²) in [4.78, 5) is 13.5. The maximum atomic E-state index is 13.2. The van der Waals surface area contributed by atoms with E-state index in [0.29, 0.717) is 23.0 Å². The summed E-state index contributed by atoms with van der Waals surface area (Å²) in [5, 5.41) is 18.5. The number of hydrogen-bond donors (Lipinski definition) is 4. The molecule has 1 aliphatic rings. The molecule has 0 amide bonds. The number of anilines is 1. The van der Waals surface area contributed by atoms with Gasteiger partial charge >= 0.3 is 0 Å². The van der Waals surface area contributed by atoms with Gasteiger partial charge in [0.05, 0.1) is 11.2 Å². The third-order valence-corrected chi connectivity index (χ3v) is 5.92. The molecule has 2 heterocycles. The van der Waals surface area contributed by atoms with Crippen molar-refractivity contribution in [1.82, 2.24) is 4.68 Å². The fourth-order valence-electron chi connectivity index (χ4n) is 3.15. The SMILES string of the molecule is CCCC=Nn1c(=O)c(C2=NS(O)(O)c3ccccc3N2)c(O)c2ccccc21. The molecule has 4 rings (SSSR count). The van der Waals surface area contributed by atoms with Crippen LogP contribution in [0, 0.1) is 0 Å². The van der Waals surface area contributed by atoms with E-state index in [1.165, 1.54) is 4.68 Å². The topological polar surface area (TPSA) is 119 Å². The minimum atomic E-state index is -3.53. The van der Waals surface area contributed by atoms with Crippen molar-refractivity contribution in [2.24, 2.45) is 9.50 Å². The van der Waals surface area contributed by atoms with Crippen LogP contribution in [0.3, 0.4) is 0 Å². The van der Waals surface area contributed by atoms with Gasteiger partial charge in [-0.05, 0) is 30.7 Å². The van der Waals surface area contributed by atoms with E-state index in [4.69, 9.17) is 0 Å². The third kappa shape index (κ3) is 3.29. The van der Waals surface area contributed by atoms with Crippen molar-refractivity contribution in [2.75, 3.05) is 5.32 Å². The Bertz CT molecular complexity index is 1220. The molecule has 0 saturated heterocycles. The molecule has 0 atom stereocenters. The number of para-hydroxylation sites is 2. The number of hydrogen-bond acceptors (Lipinski definition) is 7. The molecule has 0 fully saturated rings. The lowest BCUT2D eigenvalue weighted by molar-refractivity contribution is 0.478. The van der Waals surface area contributed by atoms with Crippen LogP contribution >= 0.6 is 10.8 Å². The summed E-state index contributed by atoms with van der Waals surface area (Å²) in [5.41, 5.74) is 0.0567. The van der Waals surface area contributed by atoms with Crippen LogP contribution in [0.5, 0.6) is 5.75 Å². The van der Waals surface area contributed by atoms with Gasteiger partial charge in [-0.25, -0.2) is 0 Å². The van der Waals surface area contributed by atoms with Crippen molar-refractivity contribution < 1.29 is 14.2 Å². The number of aromatic hydroxyl groups is 1. The molecule has 2 aromatic carbocycles. The summed E-state index contributed by atoms with van der Waals surface area (Å²) >= 11 is 0. The van der Waals surface area contributed by atoms with Crippen LogP contribution in [-0.2, 0) is 0 Å². The molecule has 1 aliphatic heterocycles. The van der Waals surface area contributed by atoms with Gasteiger partial charge in [0, 0.05) is 11.6 Å². The van der Waals surface area contributed by atoms with Gasteiger partial charge in [0.25, 0.3) is 5.56 Å². The summed E-state index contributed by atoms with van der Waals surface area (Å²) in [7, 11) is -3.53. The number of unbranched alkanes of at least 4 members (excludes halogenated alkanes) is 1. The highest BCUT2D eigenvalue weighted by Gasteiger charge is 2.30. The Balaban J connectivity index is 1.98. The molecule has 150 valence electrons. The minimum absolute atomic E-state index is 0.114. The average Bonchev–Trinajstić information content (AvgIpc) is 2.70. The average molecular weight is 412 g/mol. The Labute approximate surface area is 168 Å². The third-order valence-electron chi connectivity index (χ3n) is 4.54. The van der Waals surface area contributed by atoms with Crippen LogP contribution in [0.25, 0.3) is 10.9 Å². The normalized spacial score (nSPS) is 16.3. The monoisotopic (exact) mass is 412 g/mol. The molecule has 3 aromatic rings. The van der Waals surface area contributed by atoms with E-state index in [2.05, 4.69) is 14.8 Å². The lowest BCUT2D eigenvalue weighted by Gasteiger charge is -2.34. The minimum Gasteiger partial charge on any atom is -0.506 e. The van der Waals surface area contributed by atoms with Crippen molar-refractivity contribution in [1.29, 1.82) is 0 Å². The van der Waals surface area contributed by atoms with E-state index in [0.717, 1.165) is 6.42 Å². The highest BCUT2D eigenvalue weighted by atomic mass is 32.3. The van der Waals surface area contributed by atoms with Crippen molar-refractivity contribution in [3.05, 3.63) is 64.4 Å². The zero-order valence-corrected chi connectivity index (χ0v) is 16.4. The number of nitrogens with zero attached hydrogens (tertiary/aromatic N) is 3. The molecular weight excluding hydrogens is 392 g/mol. The lowest BCUT2D eigenvalue weighted by atomic mass is 10.1. The smallest absolute Gasteiger partial charge is 0.286 e. The van der Waals surface area contributed by atoms with E-state index in [1.807, 2.05) is 6.92 Å². The van der Waals surface area contributed by atoms with Crippen LogP contribution in [-0.4, -0.2) is 30.9 Å². The molecule has 0 unspecified atom stereocenters. The molecule has 0 saturated carbocycles. The van der Waals surface area contributed by atoms with Crippen LogP contribution in [0.2, 0.25) is 0 Å². The molecule has 1 aromatic heterocycles. The zero-order chi connectivity index (χ0) is 20.6. The lowest BCUT2D eigenvalue weighted by Crippen LogP contribution is -2.31. The second kappa shape index (κ2) is 7.36. The maximum Gasteiger partial charge on any atom is 0.286 e. The maximum absolute atomic E-state index is 13.2. The predicted octanol–water partition coefficient (Wildman–Crippen LogP) is 4.24. The zero-order valence-electron chi connectivity index (χ0n) is 15.6. The van der Waals surface area contributed by atoms with E-state index in [1.54, 1.807) is 54.7 Å². The summed E-state index contributed by atoms with van der Waals surface area (Å²) in [6, 6.07) is 13.4. The van der Waals surface area contributed by atoms with Crippen LogP contribution in [0.4, 0.5) is 5.69 Å². The molecule has 0 radical (unpaired) electrons.